The predicted molar refractivity (Wildman–Crippen MR) is 79.2 cm³/mol. The van der Waals surface area contributed by atoms with Crippen molar-refractivity contribution < 1.29 is 9.84 Å². The number of nitrogens with zero attached hydrogens (tertiary/aromatic N) is 3. The van der Waals surface area contributed by atoms with Gasteiger partial charge < -0.3 is 20.5 Å². The van der Waals surface area contributed by atoms with Crippen LogP contribution in [0.5, 0.6) is 6.01 Å². The molecule has 114 valence electrons. The molecule has 1 atom stereocenters. The van der Waals surface area contributed by atoms with E-state index in [-0.39, 0.29) is 12.2 Å². The highest BCUT2D eigenvalue weighted by molar-refractivity contribution is 5.35. The first-order valence-electron chi connectivity index (χ1n) is 7.13. The van der Waals surface area contributed by atoms with Crippen LogP contribution in [0, 0.1) is 0 Å². The lowest BCUT2D eigenvalue weighted by molar-refractivity contribution is 0.164. The molecule has 0 aliphatic carbocycles. The molecule has 0 saturated carbocycles. The van der Waals surface area contributed by atoms with Gasteiger partial charge in [0.05, 0.1) is 12.2 Å². The molecule has 1 unspecified atom stereocenters. The molecule has 0 aromatic carbocycles. The molecule has 1 rings (SSSR count). The van der Waals surface area contributed by atoms with E-state index in [0.717, 1.165) is 13.0 Å². The molecule has 0 aliphatic rings. The van der Waals surface area contributed by atoms with Crippen molar-refractivity contribution in [3.63, 3.8) is 0 Å². The summed E-state index contributed by atoms with van der Waals surface area (Å²) in [7, 11) is 0. The van der Waals surface area contributed by atoms with Crippen LogP contribution in [-0.4, -0.2) is 45.4 Å². The van der Waals surface area contributed by atoms with Gasteiger partial charge >= 0.3 is 6.01 Å². The summed E-state index contributed by atoms with van der Waals surface area (Å²) < 4.78 is 5.50. The van der Waals surface area contributed by atoms with Gasteiger partial charge in [-0.15, -0.1) is 0 Å². The monoisotopic (exact) mass is 283 g/mol. The Morgan fingerprint density at radius 2 is 1.75 bits per heavy atom. The zero-order valence-electron chi connectivity index (χ0n) is 12.7. The summed E-state index contributed by atoms with van der Waals surface area (Å²) in [6, 6.07) is 0.296. The Labute approximate surface area is 120 Å². The minimum Gasteiger partial charge on any atom is -0.461 e. The van der Waals surface area contributed by atoms with E-state index < -0.39 is 0 Å². The fourth-order valence-electron chi connectivity index (χ4n) is 1.49. The van der Waals surface area contributed by atoms with E-state index in [1.807, 2.05) is 27.7 Å². The zero-order chi connectivity index (χ0) is 15.0. The molecule has 0 saturated heterocycles. The van der Waals surface area contributed by atoms with E-state index in [1.165, 1.54) is 0 Å². The standard InChI is InChI=1S/C13H25N5O2/c1-5-10(19)7-8-15-12-16-11(14-6-2)17-13(18-12)20-9(3)4/h9-10,19H,5-8H2,1-4H3,(H2,14,15,16,17,18). The van der Waals surface area contributed by atoms with Crippen LogP contribution < -0.4 is 15.4 Å². The maximum Gasteiger partial charge on any atom is 0.323 e. The minimum absolute atomic E-state index is 0.00152. The number of rotatable bonds is 9. The van der Waals surface area contributed by atoms with Gasteiger partial charge in [-0.25, -0.2) is 0 Å². The highest BCUT2D eigenvalue weighted by Gasteiger charge is 2.09. The molecule has 0 amide bonds. The van der Waals surface area contributed by atoms with E-state index in [4.69, 9.17) is 4.74 Å². The summed E-state index contributed by atoms with van der Waals surface area (Å²) in [5.74, 6) is 0.937. The highest BCUT2D eigenvalue weighted by atomic mass is 16.5. The smallest absolute Gasteiger partial charge is 0.323 e. The zero-order valence-corrected chi connectivity index (χ0v) is 12.7. The number of hydrogen-bond acceptors (Lipinski definition) is 7. The van der Waals surface area contributed by atoms with Crippen LogP contribution in [0.1, 0.15) is 40.5 Å². The maximum atomic E-state index is 9.52. The molecule has 0 spiro atoms. The number of aromatic nitrogens is 3. The Hall–Kier alpha value is -1.63. The van der Waals surface area contributed by atoms with Crippen molar-refractivity contribution in [2.75, 3.05) is 23.7 Å². The number of anilines is 2. The van der Waals surface area contributed by atoms with Gasteiger partial charge in [-0.3, -0.25) is 0 Å². The number of ether oxygens (including phenoxy) is 1. The van der Waals surface area contributed by atoms with Gasteiger partial charge in [0.1, 0.15) is 0 Å². The molecule has 0 radical (unpaired) electrons. The topological polar surface area (TPSA) is 92.2 Å². The highest BCUT2D eigenvalue weighted by Crippen LogP contribution is 2.12. The Balaban J connectivity index is 2.69. The van der Waals surface area contributed by atoms with E-state index in [9.17, 15) is 5.11 Å². The first-order valence-corrected chi connectivity index (χ1v) is 7.13. The molecule has 20 heavy (non-hydrogen) atoms. The summed E-state index contributed by atoms with van der Waals surface area (Å²) in [5.41, 5.74) is 0. The van der Waals surface area contributed by atoms with Gasteiger partial charge in [-0.05, 0) is 33.6 Å². The van der Waals surface area contributed by atoms with E-state index >= 15 is 0 Å². The van der Waals surface area contributed by atoms with Crippen molar-refractivity contribution in [2.45, 2.75) is 52.7 Å². The molecule has 0 bridgehead atoms. The lowest BCUT2D eigenvalue weighted by Gasteiger charge is -2.12. The molecule has 1 aromatic heterocycles. The summed E-state index contributed by atoms with van der Waals surface area (Å²) >= 11 is 0. The van der Waals surface area contributed by atoms with E-state index in [0.29, 0.717) is 30.9 Å². The van der Waals surface area contributed by atoms with Crippen molar-refractivity contribution in [1.29, 1.82) is 0 Å². The molecule has 7 nitrogen and oxygen atoms in total. The van der Waals surface area contributed by atoms with Gasteiger partial charge in [-0.1, -0.05) is 6.92 Å². The van der Waals surface area contributed by atoms with Crippen LogP contribution in [0.3, 0.4) is 0 Å². The molecule has 3 N–H and O–H groups in total. The van der Waals surface area contributed by atoms with Gasteiger partial charge in [-0.2, -0.15) is 15.0 Å². The van der Waals surface area contributed by atoms with Gasteiger partial charge in [0.15, 0.2) is 0 Å². The fraction of sp³-hybridized carbons (Fsp3) is 0.769. The van der Waals surface area contributed by atoms with Crippen LogP contribution in [0.4, 0.5) is 11.9 Å². The molecule has 1 heterocycles. The predicted octanol–water partition coefficient (Wildman–Crippen LogP) is 1.66. The Bertz CT molecular complexity index is 400. The van der Waals surface area contributed by atoms with Crippen LogP contribution in [0.2, 0.25) is 0 Å². The second kappa shape index (κ2) is 8.52. The number of aliphatic hydroxyl groups excluding tert-OH is 1. The van der Waals surface area contributed by atoms with Crippen molar-refractivity contribution >= 4 is 11.9 Å². The third-order valence-electron chi connectivity index (χ3n) is 2.52. The molecular formula is C13H25N5O2. The van der Waals surface area contributed by atoms with Gasteiger partial charge in [0.25, 0.3) is 0 Å². The summed E-state index contributed by atoms with van der Waals surface area (Å²) in [4.78, 5) is 12.6. The number of nitrogens with one attached hydrogen (secondary N) is 2. The minimum atomic E-state index is -0.302. The SMILES string of the molecule is CCNc1nc(NCCC(O)CC)nc(OC(C)C)n1. The lowest BCUT2D eigenvalue weighted by Crippen LogP contribution is -2.16. The average Bonchev–Trinajstić information content (AvgIpc) is 2.37. The van der Waals surface area contributed by atoms with E-state index in [1.54, 1.807) is 0 Å². The molecule has 7 heteroatoms. The molecular weight excluding hydrogens is 258 g/mol. The summed E-state index contributed by atoms with van der Waals surface area (Å²) in [5, 5.41) is 15.6. The second-order valence-corrected chi connectivity index (χ2v) is 4.74. The summed E-state index contributed by atoms with van der Waals surface area (Å²) in [6.07, 6.45) is 1.09. The third kappa shape index (κ3) is 6.01. The van der Waals surface area contributed by atoms with Gasteiger partial charge in [0, 0.05) is 13.1 Å². The summed E-state index contributed by atoms with van der Waals surface area (Å²) in [6.45, 7) is 9.08. The van der Waals surface area contributed by atoms with Crippen molar-refractivity contribution in [1.82, 2.24) is 15.0 Å². The fourth-order valence-corrected chi connectivity index (χ4v) is 1.49. The largest absolute Gasteiger partial charge is 0.461 e. The maximum absolute atomic E-state index is 9.52. The first kappa shape index (κ1) is 16.4. The van der Waals surface area contributed by atoms with E-state index in [2.05, 4.69) is 25.6 Å². The number of aliphatic hydroxyl groups is 1. The first-order chi connectivity index (χ1) is 9.55. The van der Waals surface area contributed by atoms with Crippen molar-refractivity contribution in [3.8, 4) is 6.01 Å². The van der Waals surface area contributed by atoms with Crippen LogP contribution >= 0.6 is 0 Å². The quantitative estimate of drug-likeness (QED) is 0.634. The lowest BCUT2D eigenvalue weighted by atomic mass is 10.2. The van der Waals surface area contributed by atoms with Crippen molar-refractivity contribution in [3.05, 3.63) is 0 Å². The molecule has 0 fully saturated rings. The van der Waals surface area contributed by atoms with Crippen LogP contribution in [0.15, 0.2) is 0 Å². The normalized spacial score (nSPS) is 12.3. The molecule has 0 aliphatic heterocycles. The second-order valence-electron chi connectivity index (χ2n) is 4.74. The Morgan fingerprint density at radius 1 is 1.10 bits per heavy atom. The third-order valence-corrected chi connectivity index (χ3v) is 2.52. The van der Waals surface area contributed by atoms with Gasteiger partial charge in [0.2, 0.25) is 11.9 Å². The Kier molecular flexibility index (Phi) is 7.00. The molecule has 1 aromatic rings. The Morgan fingerprint density at radius 3 is 2.30 bits per heavy atom. The number of hydrogen-bond donors (Lipinski definition) is 3. The van der Waals surface area contributed by atoms with Crippen molar-refractivity contribution in [2.24, 2.45) is 0 Å². The average molecular weight is 283 g/mol. The van der Waals surface area contributed by atoms with Crippen LogP contribution in [-0.2, 0) is 0 Å². The van der Waals surface area contributed by atoms with Crippen LogP contribution in [0.25, 0.3) is 0 Å².